The molecular formula is C15H23NO3. The van der Waals surface area contributed by atoms with Crippen LogP contribution in [0.15, 0.2) is 24.3 Å². The minimum Gasteiger partial charge on any atom is -0.507 e. The molecule has 0 atom stereocenters. The van der Waals surface area contributed by atoms with E-state index in [0.717, 1.165) is 38.8 Å². The fraction of sp³-hybridized carbons (Fsp3) is 0.533. The zero-order valence-corrected chi connectivity index (χ0v) is 11.8. The lowest BCUT2D eigenvalue weighted by atomic mass is 10.2. The molecule has 0 aliphatic carbocycles. The van der Waals surface area contributed by atoms with E-state index in [4.69, 9.17) is 4.84 Å². The van der Waals surface area contributed by atoms with Crippen LogP contribution in [0.2, 0.25) is 0 Å². The van der Waals surface area contributed by atoms with Gasteiger partial charge in [0.1, 0.15) is 11.3 Å². The highest BCUT2D eigenvalue weighted by atomic mass is 16.7. The molecule has 0 unspecified atom stereocenters. The van der Waals surface area contributed by atoms with Gasteiger partial charge in [-0.1, -0.05) is 38.8 Å². The molecule has 0 radical (unpaired) electrons. The van der Waals surface area contributed by atoms with Crippen molar-refractivity contribution < 1.29 is 14.7 Å². The predicted octanol–water partition coefficient (Wildman–Crippen LogP) is 3.37. The van der Waals surface area contributed by atoms with E-state index in [9.17, 15) is 9.90 Å². The number of rotatable bonds is 8. The van der Waals surface area contributed by atoms with Gasteiger partial charge in [-0.2, -0.15) is 0 Å². The molecule has 1 aromatic rings. The maximum absolute atomic E-state index is 12.0. The Balaban J connectivity index is 2.61. The average molecular weight is 265 g/mol. The van der Waals surface area contributed by atoms with Gasteiger partial charge in [0.2, 0.25) is 0 Å². The zero-order valence-electron chi connectivity index (χ0n) is 11.8. The van der Waals surface area contributed by atoms with Gasteiger partial charge in [-0.15, -0.1) is 5.06 Å². The van der Waals surface area contributed by atoms with Gasteiger partial charge in [0.15, 0.2) is 0 Å². The van der Waals surface area contributed by atoms with Crippen molar-refractivity contribution in [1.82, 2.24) is 5.06 Å². The number of nitrogens with zero attached hydrogens (tertiary/aromatic N) is 1. The van der Waals surface area contributed by atoms with Crippen LogP contribution in [-0.2, 0) is 4.84 Å². The average Bonchev–Trinajstić information content (AvgIpc) is 2.42. The molecule has 0 fully saturated rings. The summed E-state index contributed by atoms with van der Waals surface area (Å²) in [6.45, 7) is 5.66. The quantitative estimate of drug-likeness (QED) is 0.732. The molecule has 19 heavy (non-hydrogen) atoms. The molecule has 0 heterocycles. The molecule has 0 aromatic heterocycles. The van der Waals surface area contributed by atoms with E-state index in [1.807, 2.05) is 0 Å². The largest absolute Gasteiger partial charge is 0.507 e. The Labute approximate surface area is 114 Å². The molecule has 0 aliphatic rings. The Morgan fingerprint density at radius 1 is 1.16 bits per heavy atom. The van der Waals surface area contributed by atoms with Crippen LogP contribution < -0.4 is 0 Å². The summed E-state index contributed by atoms with van der Waals surface area (Å²) < 4.78 is 0. The van der Waals surface area contributed by atoms with Gasteiger partial charge < -0.3 is 9.94 Å². The van der Waals surface area contributed by atoms with E-state index in [0.29, 0.717) is 0 Å². The van der Waals surface area contributed by atoms with Crippen molar-refractivity contribution in [2.45, 2.75) is 39.5 Å². The summed E-state index contributed by atoms with van der Waals surface area (Å²) in [5.41, 5.74) is 0.209. The number of hydrogen-bond acceptors (Lipinski definition) is 4. The van der Waals surface area contributed by atoms with E-state index < -0.39 is 5.97 Å². The lowest BCUT2D eigenvalue weighted by Gasteiger charge is -2.20. The van der Waals surface area contributed by atoms with Crippen LogP contribution in [0.3, 0.4) is 0 Å². The number of carbonyl (C=O) groups is 1. The molecule has 1 rings (SSSR count). The van der Waals surface area contributed by atoms with Crippen molar-refractivity contribution in [1.29, 1.82) is 0 Å². The molecule has 0 saturated carbocycles. The Morgan fingerprint density at radius 2 is 1.74 bits per heavy atom. The van der Waals surface area contributed by atoms with Crippen molar-refractivity contribution in [2.75, 3.05) is 13.1 Å². The number of carbonyl (C=O) groups excluding carboxylic acids is 1. The van der Waals surface area contributed by atoms with Crippen LogP contribution in [0.25, 0.3) is 0 Å². The van der Waals surface area contributed by atoms with Gasteiger partial charge in [0, 0.05) is 13.1 Å². The summed E-state index contributed by atoms with van der Waals surface area (Å²) in [5, 5.41) is 11.3. The lowest BCUT2D eigenvalue weighted by Crippen LogP contribution is -2.29. The molecule has 1 N–H and O–H groups in total. The fourth-order valence-electron chi connectivity index (χ4n) is 1.68. The van der Waals surface area contributed by atoms with E-state index >= 15 is 0 Å². The number of phenolic OH excluding ortho intramolecular Hbond substituents is 1. The fourth-order valence-corrected chi connectivity index (χ4v) is 1.68. The first-order valence-corrected chi connectivity index (χ1v) is 6.94. The van der Waals surface area contributed by atoms with Gasteiger partial charge >= 0.3 is 5.97 Å². The smallest absolute Gasteiger partial charge is 0.360 e. The monoisotopic (exact) mass is 265 g/mol. The third-order valence-electron chi connectivity index (χ3n) is 2.86. The molecular weight excluding hydrogens is 242 g/mol. The molecule has 0 aliphatic heterocycles. The Morgan fingerprint density at radius 3 is 2.26 bits per heavy atom. The SMILES string of the molecule is CCCCN(CCCC)OC(=O)c1ccccc1O. The Hall–Kier alpha value is -1.55. The number of hydrogen-bond donors (Lipinski definition) is 1. The van der Waals surface area contributed by atoms with Gasteiger partial charge in [0.05, 0.1) is 0 Å². The normalized spacial score (nSPS) is 10.7. The first-order valence-electron chi connectivity index (χ1n) is 6.94. The molecule has 0 spiro atoms. The van der Waals surface area contributed by atoms with Crippen molar-refractivity contribution in [3.8, 4) is 5.75 Å². The highest BCUT2D eigenvalue weighted by Gasteiger charge is 2.16. The number of phenols is 1. The van der Waals surface area contributed by atoms with Crippen LogP contribution >= 0.6 is 0 Å². The van der Waals surface area contributed by atoms with Crippen LogP contribution in [-0.4, -0.2) is 29.2 Å². The summed E-state index contributed by atoms with van der Waals surface area (Å²) in [6, 6.07) is 6.44. The van der Waals surface area contributed by atoms with Gasteiger partial charge in [-0.05, 0) is 25.0 Å². The van der Waals surface area contributed by atoms with E-state index in [2.05, 4.69) is 13.8 Å². The molecule has 1 aromatic carbocycles. The van der Waals surface area contributed by atoms with Crippen molar-refractivity contribution in [2.24, 2.45) is 0 Å². The Kier molecular flexibility index (Phi) is 6.97. The number of hydroxylamine groups is 2. The first kappa shape index (κ1) is 15.5. The van der Waals surface area contributed by atoms with Crippen LogP contribution in [0.5, 0.6) is 5.75 Å². The molecule has 0 bridgehead atoms. The van der Waals surface area contributed by atoms with Crippen molar-refractivity contribution in [3.05, 3.63) is 29.8 Å². The lowest BCUT2D eigenvalue weighted by molar-refractivity contribution is -0.111. The van der Waals surface area contributed by atoms with E-state index in [1.54, 1.807) is 23.3 Å². The second kappa shape index (κ2) is 8.53. The van der Waals surface area contributed by atoms with Crippen molar-refractivity contribution >= 4 is 5.97 Å². The zero-order chi connectivity index (χ0) is 14.1. The van der Waals surface area contributed by atoms with Gasteiger partial charge in [-0.25, -0.2) is 4.79 Å². The van der Waals surface area contributed by atoms with Gasteiger partial charge in [0.25, 0.3) is 0 Å². The number of benzene rings is 1. The third kappa shape index (κ3) is 5.30. The minimum absolute atomic E-state index is 0.0431. The first-order chi connectivity index (χ1) is 9.19. The molecule has 4 heteroatoms. The second-order valence-electron chi connectivity index (χ2n) is 4.53. The topological polar surface area (TPSA) is 49.8 Å². The van der Waals surface area contributed by atoms with Crippen LogP contribution in [0.1, 0.15) is 49.9 Å². The summed E-state index contributed by atoms with van der Waals surface area (Å²) in [6.07, 6.45) is 4.07. The summed E-state index contributed by atoms with van der Waals surface area (Å²) in [4.78, 5) is 17.3. The maximum Gasteiger partial charge on any atom is 0.360 e. The molecule has 4 nitrogen and oxygen atoms in total. The summed E-state index contributed by atoms with van der Waals surface area (Å²) in [5.74, 6) is -0.538. The summed E-state index contributed by atoms with van der Waals surface area (Å²) >= 11 is 0. The standard InChI is InChI=1S/C15H23NO3/c1-3-5-11-16(12-6-4-2)19-15(18)13-9-7-8-10-14(13)17/h7-10,17H,3-6,11-12H2,1-2H3. The highest BCUT2D eigenvalue weighted by Crippen LogP contribution is 2.17. The molecule has 106 valence electrons. The Bertz CT molecular complexity index is 385. The van der Waals surface area contributed by atoms with E-state index in [-0.39, 0.29) is 11.3 Å². The summed E-state index contributed by atoms with van der Waals surface area (Å²) in [7, 11) is 0. The minimum atomic E-state index is -0.495. The van der Waals surface area contributed by atoms with Crippen molar-refractivity contribution in [3.63, 3.8) is 0 Å². The van der Waals surface area contributed by atoms with Gasteiger partial charge in [-0.3, -0.25) is 0 Å². The second-order valence-corrected chi connectivity index (χ2v) is 4.53. The van der Waals surface area contributed by atoms with E-state index in [1.165, 1.54) is 6.07 Å². The number of para-hydroxylation sites is 1. The maximum atomic E-state index is 12.0. The molecule has 0 saturated heterocycles. The van der Waals surface area contributed by atoms with Crippen LogP contribution in [0.4, 0.5) is 0 Å². The molecule has 0 amide bonds. The highest BCUT2D eigenvalue weighted by molar-refractivity contribution is 5.92. The number of aromatic hydroxyl groups is 1. The van der Waals surface area contributed by atoms with Crippen LogP contribution in [0, 0.1) is 0 Å². The predicted molar refractivity (Wildman–Crippen MR) is 74.9 cm³/mol. The third-order valence-corrected chi connectivity index (χ3v) is 2.86. The number of unbranched alkanes of at least 4 members (excludes halogenated alkanes) is 2.